The molecule has 0 aliphatic rings. The summed E-state index contributed by atoms with van der Waals surface area (Å²) < 4.78 is 16.6. The van der Waals surface area contributed by atoms with Gasteiger partial charge in [0.05, 0.1) is 0 Å². The molecular formula is C52H88O6. The zero-order chi connectivity index (χ0) is 42.3. The van der Waals surface area contributed by atoms with Crippen molar-refractivity contribution >= 4 is 17.9 Å². The van der Waals surface area contributed by atoms with Crippen LogP contribution in [0.3, 0.4) is 0 Å². The normalized spacial score (nSPS) is 12.7. The lowest BCUT2D eigenvalue weighted by Gasteiger charge is -2.18. The number of esters is 3. The number of hydrogen-bond donors (Lipinski definition) is 0. The number of carbonyl (C=O) groups is 3. The highest BCUT2D eigenvalue weighted by atomic mass is 16.6. The first kappa shape index (κ1) is 54.9. The van der Waals surface area contributed by atoms with Crippen molar-refractivity contribution in [3.63, 3.8) is 0 Å². The molecule has 0 aromatic rings. The van der Waals surface area contributed by atoms with E-state index in [0.29, 0.717) is 19.3 Å². The fourth-order valence-electron chi connectivity index (χ4n) is 6.31. The van der Waals surface area contributed by atoms with E-state index in [4.69, 9.17) is 14.2 Å². The first-order valence-electron chi connectivity index (χ1n) is 23.9. The van der Waals surface area contributed by atoms with E-state index < -0.39 is 12.1 Å². The smallest absolute Gasteiger partial charge is 0.306 e. The van der Waals surface area contributed by atoms with E-state index in [9.17, 15) is 14.4 Å². The van der Waals surface area contributed by atoms with Gasteiger partial charge in [0, 0.05) is 19.3 Å². The molecule has 58 heavy (non-hydrogen) atoms. The van der Waals surface area contributed by atoms with Crippen LogP contribution in [0.4, 0.5) is 0 Å². The molecule has 0 aliphatic carbocycles. The molecule has 0 N–H and O–H groups in total. The first-order chi connectivity index (χ1) is 28.5. The predicted molar refractivity (Wildman–Crippen MR) is 247 cm³/mol. The van der Waals surface area contributed by atoms with Gasteiger partial charge in [-0.05, 0) is 89.9 Å². The van der Waals surface area contributed by atoms with Crippen molar-refractivity contribution in [2.24, 2.45) is 0 Å². The number of ether oxygens (including phenoxy) is 3. The van der Waals surface area contributed by atoms with Crippen LogP contribution in [0.5, 0.6) is 0 Å². The minimum Gasteiger partial charge on any atom is -0.462 e. The van der Waals surface area contributed by atoms with Gasteiger partial charge in [-0.1, -0.05) is 184 Å². The third-order valence-corrected chi connectivity index (χ3v) is 9.93. The van der Waals surface area contributed by atoms with Gasteiger partial charge < -0.3 is 14.2 Å². The highest BCUT2D eigenvalue weighted by Crippen LogP contribution is 2.13. The molecule has 0 bridgehead atoms. The van der Waals surface area contributed by atoms with E-state index >= 15 is 0 Å². The van der Waals surface area contributed by atoms with E-state index in [1.165, 1.54) is 83.5 Å². The maximum atomic E-state index is 12.7. The van der Waals surface area contributed by atoms with Crippen LogP contribution in [0, 0.1) is 0 Å². The third-order valence-electron chi connectivity index (χ3n) is 9.93. The highest BCUT2D eigenvalue weighted by molar-refractivity contribution is 5.71. The zero-order valence-electron chi connectivity index (χ0n) is 37.8. The lowest BCUT2D eigenvalue weighted by atomic mass is 10.1. The molecule has 6 heteroatoms. The highest BCUT2D eigenvalue weighted by Gasteiger charge is 2.19. The topological polar surface area (TPSA) is 78.9 Å². The molecule has 0 heterocycles. The minimum atomic E-state index is -0.818. The molecule has 0 fully saturated rings. The van der Waals surface area contributed by atoms with Crippen LogP contribution in [-0.2, 0) is 28.6 Å². The summed E-state index contributed by atoms with van der Waals surface area (Å²) in [5.74, 6) is -1.01. The second kappa shape index (κ2) is 46.5. The SMILES string of the molecule is CC/C=C\C/C=C\C/C=C\C/C=C\CCC(=O)OC(COC(=O)CCCCCCC/C=C\CCCC)COC(=O)CCCCCCC/C=C\CCCCCCCCC. The molecule has 0 saturated carbocycles. The van der Waals surface area contributed by atoms with Gasteiger partial charge in [0.25, 0.3) is 0 Å². The summed E-state index contributed by atoms with van der Waals surface area (Å²) in [6.45, 7) is 6.39. The van der Waals surface area contributed by atoms with Crippen molar-refractivity contribution < 1.29 is 28.6 Å². The van der Waals surface area contributed by atoms with Crippen molar-refractivity contribution in [2.75, 3.05) is 13.2 Å². The van der Waals surface area contributed by atoms with Crippen molar-refractivity contribution in [1.29, 1.82) is 0 Å². The molecule has 0 radical (unpaired) electrons. The molecule has 0 aromatic carbocycles. The molecule has 0 aromatic heterocycles. The Labute approximate surface area is 357 Å². The average Bonchev–Trinajstić information content (AvgIpc) is 3.22. The van der Waals surface area contributed by atoms with Gasteiger partial charge in [0.1, 0.15) is 13.2 Å². The van der Waals surface area contributed by atoms with Crippen molar-refractivity contribution in [1.82, 2.24) is 0 Å². The van der Waals surface area contributed by atoms with Crippen LogP contribution in [0.15, 0.2) is 72.9 Å². The van der Waals surface area contributed by atoms with Crippen LogP contribution in [0.2, 0.25) is 0 Å². The summed E-state index contributed by atoms with van der Waals surface area (Å²) in [6.07, 6.45) is 57.6. The predicted octanol–water partition coefficient (Wildman–Crippen LogP) is 15.5. The Morgan fingerprint density at radius 1 is 0.362 bits per heavy atom. The largest absolute Gasteiger partial charge is 0.462 e. The van der Waals surface area contributed by atoms with E-state index in [-0.39, 0.29) is 31.6 Å². The zero-order valence-corrected chi connectivity index (χ0v) is 37.8. The van der Waals surface area contributed by atoms with Gasteiger partial charge in [-0.3, -0.25) is 14.4 Å². The van der Waals surface area contributed by atoms with Crippen molar-refractivity contribution in [3.8, 4) is 0 Å². The monoisotopic (exact) mass is 809 g/mol. The molecule has 332 valence electrons. The Balaban J connectivity index is 4.47. The molecule has 1 atom stereocenters. The molecule has 0 saturated heterocycles. The van der Waals surface area contributed by atoms with Crippen LogP contribution in [0.1, 0.15) is 220 Å². The Bertz CT molecular complexity index is 1110. The van der Waals surface area contributed by atoms with Gasteiger partial charge in [0.15, 0.2) is 6.10 Å². The summed E-state index contributed by atoms with van der Waals surface area (Å²) in [5, 5.41) is 0. The average molecular weight is 809 g/mol. The van der Waals surface area contributed by atoms with Crippen LogP contribution >= 0.6 is 0 Å². The van der Waals surface area contributed by atoms with Gasteiger partial charge in [-0.25, -0.2) is 0 Å². The second-order valence-corrected chi connectivity index (χ2v) is 15.6. The van der Waals surface area contributed by atoms with Crippen molar-refractivity contribution in [2.45, 2.75) is 226 Å². The fraction of sp³-hybridized carbons (Fsp3) is 0.712. The number of rotatable bonds is 42. The van der Waals surface area contributed by atoms with E-state index in [1.807, 2.05) is 12.2 Å². The Morgan fingerprint density at radius 2 is 0.724 bits per heavy atom. The van der Waals surface area contributed by atoms with E-state index in [2.05, 4.69) is 81.5 Å². The van der Waals surface area contributed by atoms with Crippen LogP contribution < -0.4 is 0 Å². The quantitative estimate of drug-likeness (QED) is 0.0264. The van der Waals surface area contributed by atoms with Gasteiger partial charge >= 0.3 is 17.9 Å². The third kappa shape index (κ3) is 44.0. The Kier molecular flexibility index (Phi) is 44.0. The summed E-state index contributed by atoms with van der Waals surface area (Å²) in [6, 6.07) is 0. The van der Waals surface area contributed by atoms with Gasteiger partial charge in [0.2, 0.25) is 0 Å². The van der Waals surface area contributed by atoms with E-state index in [1.54, 1.807) is 0 Å². The standard InChI is InChI=1S/C52H88O6/c1-4-7-10-13-16-19-22-24-25-26-28-30-33-36-39-42-45-51(54)57-48-49(47-56-50(53)44-41-38-35-32-29-21-18-15-12-9-6-3)58-52(55)46-43-40-37-34-31-27-23-20-17-14-11-8-5-2/h8,11,15,17-18,20,25-27,31,37,40,49H,4-7,9-10,12-14,16,19,21-24,28-30,32-36,38-39,41-48H2,1-3H3/b11-8-,18-15-,20-17-,26-25-,31-27-,40-37-. The fourth-order valence-corrected chi connectivity index (χ4v) is 6.31. The molecule has 0 spiro atoms. The number of carbonyl (C=O) groups excluding carboxylic acids is 3. The van der Waals surface area contributed by atoms with Crippen molar-refractivity contribution in [3.05, 3.63) is 72.9 Å². The summed E-state index contributed by atoms with van der Waals surface area (Å²) in [7, 11) is 0. The Hall–Kier alpha value is -3.15. The summed E-state index contributed by atoms with van der Waals surface area (Å²) in [5.41, 5.74) is 0. The summed E-state index contributed by atoms with van der Waals surface area (Å²) >= 11 is 0. The lowest BCUT2D eigenvalue weighted by Crippen LogP contribution is -2.30. The summed E-state index contributed by atoms with van der Waals surface area (Å²) in [4.78, 5) is 37.8. The van der Waals surface area contributed by atoms with Gasteiger partial charge in [-0.15, -0.1) is 0 Å². The molecule has 0 aliphatic heterocycles. The van der Waals surface area contributed by atoms with Gasteiger partial charge in [-0.2, -0.15) is 0 Å². The number of hydrogen-bond acceptors (Lipinski definition) is 6. The van der Waals surface area contributed by atoms with E-state index in [0.717, 1.165) is 89.9 Å². The Morgan fingerprint density at radius 3 is 1.17 bits per heavy atom. The second-order valence-electron chi connectivity index (χ2n) is 15.6. The molecule has 0 amide bonds. The van der Waals surface area contributed by atoms with Crippen LogP contribution in [0.25, 0.3) is 0 Å². The lowest BCUT2D eigenvalue weighted by molar-refractivity contribution is -0.166. The minimum absolute atomic E-state index is 0.111. The molecule has 1 unspecified atom stereocenters. The number of unbranched alkanes of at least 4 members (excludes halogenated alkanes) is 19. The number of allylic oxidation sites excluding steroid dienone is 12. The maximum absolute atomic E-state index is 12.7. The molecule has 0 rings (SSSR count). The molecule has 6 nitrogen and oxygen atoms in total. The maximum Gasteiger partial charge on any atom is 0.306 e. The molecular weight excluding hydrogens is 721 g/mol. The first-order valence-corrected chi connectivity index (χ1v) is 23.9. The van der Waals surface area contributed by atoms with Crippen LogP contribution in [-0.4, -0.2) is 37.2 Å².